The quantitative estimate of drug-likeness (QED) is 0.788. The first-order chi connectivity index (χ1) is 6.59. The summed E-state index contributed by atoms with van der Waals surface area (Å²) in [5, 5.41) is 8.90. The summed E-state index contributed by atoms with van der Waals surface area (Å²) >= 11 is 5.62. The minimum absolute atomic E-state index is 0.212. The van der Waals surface area contributed by atoms with Crippen molar-refractivity contribution in [3.63, 3.8) is 0 Å². The summed E-state index contributed by atoms with van der Waals surface area (Å²) < 4.78 is 14.3. The van der Waals surface area contributed by atoms with Gasteiger partial charge in [-0.05, 0) is 12.1 Å². The molecule has 2 rings (SSSR count). The van der Waals surface area contributed by atoms with Crippen molar-refractivity contribution in [1.29, 1.82) is 0 Å². The third kappa shape index (κ3) is 1.22. The van der Waals surface area contributed by atoms with E-state index in [9.17, 15) is 9.18 Å². The fourth-order valence-corrected chi connectivity index (χ4v) is 1.29. The van der Waals surface area contributed by atoms with E-state index >= 15 is 0 Å². The molecule has 0 atom stereocenters. The van der Waals surface area contributed by atoms with Crippen molar-refractivity contribution in [3.8, 4) is 0 Å². The molecule has 0 saturated heterocycles. The van der Waals surface area contributed by atoms with Crippen LogP contribution in [0.5, 0.6) is 0 Å². The van der Waals surface area contributed by atoms with Crippen molar-refractivity contribution in [1.82, 2.24) is 9.38 Å². The number of nitrogens with zero attached hydrogens (tertiary/aromatic N) is 2. The van der Waals surface area contributed by atoms with Gasteiger partial charge >= 0.3 is 5.97 Å². The SMILES string of the molecule is O=C(O)c1nc2ccc(Cl)cn2c1F. The minimum atomic E-state index is -1.40. The molecule has 14 heavy (non-hydrogen) atoms. The number of pyridine rings is 1. The summed E-state index contributed by atoms with van der Waals surface area (Å²) in [6.07, 6.45) is 1.27. The Morgan fingerprint density at radius 1 is 1.57 bits per heavy atom. The zero-order chi connectivity index (χ0) is 10.3. The lowest BCUT2D eigenvalue weighted by molar-refractivity contribution is 0.0685. The van der Waals surface area contributed by atoms with E-state index < -0.39 is 17.6 Å². The van der Waals surface area contributed by atoms with Gasteiger partial charge < -0.3 is 5.11 Å². The van der Waals surface area contributed by atoms with Crippen LogP contribution in [0.4, 0.5) is 4.39 Å². The summed E-state index contributed by atoms with van der Waals surface area (Å²) in [4.78, 5) is 14.1. The maximum atomic E-state index is 13.3. The largest absolute Gasteiger partial charge is 0.476 e. The second kappa shape index (κ2) is 2.95. The Hall–Kier alpha value is -1.62. The lowest BCUT2D eigenvalue weighted by atomic mass is 10.5. The average Bonchev–Trinajstić information content (AvgIpc) is 2.44. The van der Waals surface area contributed by atoms with Gasteiger partial charge in [0.2, 0.25) is 11.6 Å². The van der Waals surface area contributed by atoms with E-state index in [1.54, 1.807) is 0 Å². The molecule has 0 saturated carbocycles. The second-order valence-electron chi connectivity index (χ2n) is 2.63. The van der Waals surface area contributed by atoms with Gasteiger partial charge in [0.15, 0.2) is 0 Å². The van der Waals surface area contributed by atoms with Crippen LogP contribution in [0.1, 0.15) is 10.5 Å². The van der Waals surface area contributed by atoms with Crippen LogP contribution in [0.25, 0.3) is 5.65 Å². The summed E-state index contributed by atoms with van der Waals surface area (Å²) in [6.45, 7) is 0. The van der Waals surface area contributed by atoms with Crippen LogP contribution < -0.4 is 0 Å². The zero-order valence-electron chi connectivity index (χ0n) is 6.74. The molecule has 2 heterocycles. The summed E-state index contributed by atoms with van der Waals surface area (Å²) in [7, 11) is 0. The van der Waals surface area contributed by atoms with E-state index in [1.807, 2.05) is 0 Å². The van der Waals surface area contributed by atoms with Crippen molar-refractivity contribution in [2.24, 2.45) is 0 Å². The van der Waals surface area contributed by atoms with Crippen LogP contribution >= 0.6 is 11.6 Å². The van der Waals surface area contributed by atoms with Crippen LogP contribution in [0.15, 0.2) is 18.3 Å². The number of carbonyl (C=O) groups is 1. The van der Waals surface area contributed by atoms with Gasteiger partial charge in [0, 0.05) is 6.20 Å². The topological polar surface area (TPSA) is 54.6 Å². The first kappa shape index (κ1) is 8.96. The van der Waals surface area contributed by atoms with Gasteiger partial charge in [0.1, 0.15) is 5.65 Å². The first-order valence-corrected chi connectivity index (χ1v) is 4.04. The van der Waals surface area contributed by atoms with Crippen molar-refractivity contribution < 1.29 is 14.3 Å². The van der Waals surface area contributed by atoms with Gasteiger partial charge in [-0.3, -0.25) is 4.40 Å². The van der Waals surface area contributed by atoms with Crippen molar-refractivity contribution in [3.05, 3.63) is 35.0 Å². The third-order valence-electron chi connectivity index (χ3n) is 1.73. The summed E-state index contributed by atoms with van der Waals surface area (Å²) in [5.41, 5.74) is -0.392. The number of hydrogen-bond donors (Lipinski definition) is 1. The Bertz CT molecular complexity index is 523. The fourth-order valence-electron chi connectivity index (χ4n) is 1.13. The Morgan fingerprint density at radius 3 is 2.93 bits per heavy atom. The normalized spacial score (nSPS) is 10.7. The molecular formula is C8H4ClFN2O2. The van der Waals surface area contributed by atoms with Gasteiger partial charge in [-0.2, -0.15) is 4.39 Å². The molecule has 0 fully saturated rings. The first-order valence-electron chi connectivity index (χ1n) is 3.66. The molecule has 0 aliphatic carbocycles. The molecule has 1 N–H and O–H groups in total. The number of rotatable bonds is 1. The molecule has 0 bridgehead atoms. The van der Waals surface area contributed by atoms with E-state index in [2.05, 4.69) is 4.98 Å². The van der Waals surface area contributed by atoms with E-state index in [1.165, 1.54) is 18.3 Å². The van der Waals surface area contributed by atoms with Crippen LogP contribution in [0.2, 0.25) is 5.02 Å². The Labute approximate surface area is 82.6 Å². The molecule has 6 heteroatoms. The van der Waals surface area contributed by atoms with E-state index in [4.69, 9.17) is 16.7 Å². The molecule has 0 amide bonds. The van der Waals surface area contributed by atoms with E-state index in [0.717, 1.165) is 4.40 Å². The average molecular weight is 215 g/mol. The highest BCUT2D eigenvalue weighted by Crippen LogP contribution is 2.15. The molecule has 0 unspecified atom stereocenters. The molecule has 2 aromatic heterocycles. The number of halogens is 2. The Balaban J connectivity index is 2.80. The minimum Gasteiger partial charge on any atom is -0.476 e. The molecule has 2 aromatic rings. The predicted molar refractivity (Wildman–Crippen MR) is 47.1 cm³/mol. The summed E-state index contributed by atoms with van der Waals surface area (Å²) in [6, 6.07) is 2.95. The lowest BCUT2D eigenvalue weighted by Crippen LogP contribution is -2.00. The number of carboxylic acid groups (broad SMARTS) is 1. The van der Waals surface area contributed by atoms with Crippen LogP contribution in [-0.2, 0) is 0 Å². The molecule has 0 aliphatic heterocycles. The monoisotopic (exact) mass is 214 g/mol. The highest BCUT2D eigenvalue weighted by Gasteiger charge is 2.17. The number of hydrogen-bond acceptors (Lipinski definition) is 2. The number of fused-ring (bicyclic) bond motifs is 1. The van der Waals surface area contributed by atoms with Gasteiger partial charge in [0.25, 0.3) is 0 Å². The fraction of sp³-hybridized carbons (Fsp3) is 0. The summed E-state index contributed by atoms with van der Waals surface area (Å²) in [5.74, 6) is -2.32. The van der Waals surface area contributed by atoms with Crippen LogP contribution in [-0.4, -0.2) is 20.5 Å². The predicted octanol–water partition coefficient (Wildman–Crippen LogP) is 1.82. The van der Waals surface area contributed by atoms with E-state index in [0.29, 0.717) is 5.02 Å². The number of aromatic carboxylic acids is 1. The van der Waals surface area contributed by atoms with Gasteiger partial charge in [-0.1, -0.05) is 11.6 Å². The Kier molecular flexibility index (Phi) is 1.89. The number of imidazole rings is 1. The number of aromatic nitrogens is 2. The maximum Gasteiger partial charge on any atom is 0.359 e. The van der Waals surface area contributed by atoms with Crippen LogP contribution in [0, 0.1) is 5.95 Å². The highest BCUT2D eigenvalue weighted by molar-refractivity contribution is 6.30. The smallest absolute Gasteiger partial charge is 0.359 e. The molecule has 0 spiro atoms. The molecular weight excluding hydrogens is 211 g/mol. The maximum absolute atomic E-state index is 13.3. The Morgan fingerprint density at radius 2 is 2.29 bits per heavy atom. The molecule has 0 aromatic carbocycles. The van der Waals surface area contributed by atoms with Crippen molar-refractivity contribution in [2.45, 2.75) is 0 Å². The van der Waals surface area contributed by atoms with E-state index in [-0.39, 0.29) is 5.65 Å². The molecule has 4 nitrogen and oxygen atoms in total. The lowest BCUT2D eigenvalue weighted by Gasteiger charge is -1.93. The van der Waals surface area contributed by atoms with Gasteiger partial charge in [0.05, 0.1) is 5.02 Å². The standard InChI is InChI=1S/C8H4ClFN2O2/c9-4-1-2-5-11-6(8(13)14)7(10)12(5)3-4/h1-3H,(H,13,14). The third-order valence-corrected chi connectivity index (χ3v) is 1.95. The van der Waals surface area contributed by atoms with Crippen LogP contribution in [0.3, 0.4) is 0 Å². The highest BCUT2D eigenvalue weighted by atomic mass is 35.5. The van der Waals surface area contributed by atoms with Gasteiger partial charge in [-0.15, -0.1) is 0 Å². The molecule has 72 valence electrons. The molecule has 0 aliphatic rings. The van der Waals surface area contributed by atoms with Crippen molar-refractivity contribution >= 4 is 23.2 Å². The second-order valence-corrected chi connectivity index (χ2v) is 3.07. The number of carboxylic acids is 1. The molecule has 0 radical (unpaired) electrons. The van der Waals surface area contributed by atoms with Gasteiger partial charge in [-0.25, -0.2) is 9.78 Å². The van der Waals surface area contributed by atoms with Crippen molar-refractivity contribution in [2.75, 3.05) is 0 Å². The zero-order valence-corrected chi connectivity index (χ0v) is 7.49.